The zero-order chi connectivity index (χ0) is 22.8. The standard InChI is InChI=1S/C23H31N3O4S/c1-6-25(22(27)30-23(3,4)5)21-14-11-18(16-24-21)20-8-7-15-26(20)31(28,29)19-12-9-17(2)10-13-19/h9-14,16,20H,6-8,15H2,1-5H3/t20-/m0/s1. The molecule has 2 heterocycles. The second-order valence-corrected chi connectivity index (χ2v) is 10.7. The van der Waals surface area contributed by atoms with E-state index in [1.807, 2.05) is 52.8 Å². The van der Waals surface area contributed by atoms with E-state index in [0.29, 0.717) is 23.8 Å². The van der Waals surface area contributed by atoms with Gasteiger partial charge in [-0.3, -0.25) is 4.90 Å². The molecule has 1 aromatic heterocycles. The fraction of sp³-hybridized carbons (Fsp3) is 0.478. The highest BCUT2D eigenvalue weighted by molar-refractivity contribution is 7.89. The Morgan fingerprint density at radius 1 is 1.19 bits per heavy atom. The number of rotatable bonds is 5. The van der Waals surface area contributed by atoms with Crippen LogP contribution in [0.1, 0.15) is 57.7 Å². The molecular weight excluding hydrogens is 414 g/mol. The largest absolute Gasteiger partial charge is 0.443 e. The van der Waals surface area contributed by atoms with Gasteiger partial charge >= 0.3 is 6.09 Å². The number of carbonyl (C=O) groups is 1. The van der Waals surface area contributed by atoms with Crippen LogP contribution in [0.25, 0.3) is 0 Å². The van der Waals surface area contributed by atoms with E-state index >= 15 is 0 Å². The maximum absolute atomic E-state index is 13.2. The van der Waals surface area contributed by atoms with Gasteiger partial charge in [0.15, 0.2) is 0 Å². The maximum atomic E-state index is 13.2. The number of hydrogen-bond donors (Lipinski definition) is 0. The minimum atomic E-state index is -3.60. The molecule has 1 aliphatic rings. The Labute approximate surface area is 185 Å². The van der Waals surface area contributed by atoms with E-state index in [4.69, 9.17) is 4.74 Å². The first-order valence-electron chi connectivity index (χ1n) is 10.6. The quantitative estimate of drug-likeness (QED) is 0.668. The van der Waals surface area contributed by atoms with Gasteiger partial charge < -0.3 is 4.74 Å². The van der Waals surface area contributed by atoms with Crippen molar-refractivity contribution in [2.75, 3.05) is 18.0 Å². The van der Waals surface area contributed by atoms with Crippen molar-refractivity contribution in [2.45, 2.75) is 64.0 Å². The lowest BCUT2D eigenvalue weighted by Crippen LogP contribution is -2.37. The van der Waals surface area contributed by atoms with Gasteiger partial charge in [0.25, 0.3) is 0 Å². The van der Waals surface area contributed by atoms with E-state index < -0.39 is 21.7 Å². The van der Waals surface area contributed by atoms with Crippen LogP contribution in [0.15, 0.2) is 47.5 Å². The fourth-order valence-corrected chi connectivity index (χ4v) is 5.34. The molecule has 1 aromatic carbocycles. The van der Waals surface area contributed by atoms with Crippen LogP contribution in [0.4, 0.5) is 10.6 Å². The molecular formula is C23H31N3O4S. The van der Waals surface area contributed by atoms with Crippen LogP contribution < -0.4 is 4.90 Å². The lowest BCUT2D eigenvalue weighted by Gasteiger charge is -2.27. The Kier molecular flexibility index (Phi) is 6.71. The first-order valence-corrected chi connectivity index (χ1v) is 12.0. The first kappa shape index (κ1) is 23.2. The van der Waals surface area contributed by atoms with E-state index in [2.05, 4.69) is 4.98 Å². The molecule has 0 unspecified atom stereocenters. The predicted molar refractivity (Wildman–Crippen MR) is 121 cm³/mol. The van der Waals surface area contributed by atoms with Gasteiger partial charge in [0.1, 0.15) is 11.4 Å². The molecule has 0 radical (unpaired) electrons. The van der Waals surface area contributed by atoms with E-state index in [0.717, 1.165) is 24.0 Å². The molecule has 7 nitrogen and oxygen atoms in total. The van der Waals surface area contributed by atoms with Crippen LogP contribution in [0.5, 0.6) is 0 Å². The van der Waals surface area contributed by atoms with E-state index in [-0.39, 0.29) is 6.04 Å². The number of aromatic nitrogens is 1. The number of aryl methyl sites for hydroxylation is 1. The first-order chi connectivity index (χ1) is 14.5. The van der Waals surface area contributed by atoms with E-state index in [9.17, 15) is 13.2 Å². The van der Waals surface area contributed by atoms with Crippen molar-refractivity contribution in [3.05, 3.63) is 53.7 Å². The maximum Gasteiger partial charge on any atom is 0.415 e. The zero-order valence-electron chi connectivity index (χ0n) is 18.8. The number of nitrogens with zero attached hydrogens (tertiary/aromatic N) is 3. The third kappa shape index (κ3) is 5.25. The Balaban J connectivity index is 1.82. The summed E-state index contributed by atoms with van der Waals surface area (Å²) in [6.45, 7) is 10.1. The van der Waals surface area contributed by atoms with Gasteiger partial charge in [0.2, 0.25) is 10.0 Å². The monoisotopic (exact) mass is 445 g/mol. The van der Waals surface area contributed by atoms with Crippen LogP contribution >= 0.6 is 0 Å². The van der Waals surface area contributed by atoms with Crippen LogP contribution in [-0.4, -0.2) is 42.5 Å². The van der Waals surface area contributed by atoms with Gasteiger partial charge in [-0.15, -0.1) is 0 Å². The summed E-state index contributed by atoms with van der Waals surface area (Å²) in [5.74, 6) is 0.478. The lowest BCUT2D eigenvalue weighted by atomic mass is 10.1. The number of sulfonamides is 1. The molecule has 2 aromatic rings. The van der Waals surface area contributed by atoms with Gasteiger partial charge in [0.05, 0.1) is 10.9 Å². The van der Waals surface area contributed by atoms with Crippen LogP contribution in [-0.2, 0) is 14.8 Å². The highest BCUT2D eigenvalue weighted by Gasteiger charge is 2.36. The number of pyridine rings is 1. The second-order valence-electron chi connectivity index (χ2n) is 8.76. The summed E-state index contributed by atoms with van der Waals surface area (Å²) in [6.07, 6.45) is 2.72. The van der Waals surface area contributed by atoms with E-state index in [1.54, 1.807) is 28.7 Å². The molecule has 3 rings (SSSR count). The number of anilines is 1. The molecule has 31 heavy (non-hydrogen) atoms. The predicted octanol–water partition coefficient (Wildman–Crippen LogP) is 4.68. The van der Waals surface area contributed by atoms with Crippen molar-refractivity contribution in [1.29, 1.82) is 0 Å². The van der Waals surface area contributed by atoms with Crippen molar-refractivity contribution in [2.24, 2.45) is 0 Å². The van der Waals surface area contributed by atoms with Crippen molar-refractivity contribution in [3.8, 4) is 0 Å². The summed E-state index contributed by atoms with van der Waals surface area (Å²) >= 11 is 0. The fourth-order valence-electron chi connectivity index (χ4n) is 3.66. The Morgan fingerprint density at radius 2 is 1.87 bits per heavy atom. The average Bonchev–Trinajstić information content (AvgIpc) is 3.19. The van der Waals surface area contributed by atoms with Crippen LogP contribution in [0.3, 0.4) is 0 Å². The van der Waals surface area contributed by atoms with Crippen molar-refractivity contribution in [3.63, 3.8) is 0 Å². The molecule has 1 amide bonds. The Morgan fingerprint density at radius 3 is 2.42 bits per heavy atom. The van der Waals surface area contributed by atoms with Crippen LogP contribution in [0.2, 0.25) is 0 Å². The smallest absolute Gasteiger partial charge is 0.415 e. The molecule has 0 spiro atoms. The molecule has 8 heteroatoms. The third-order valence-corrected chi connectivity index (χ3v) is 7.12. The van der Waals surface area contributed by atoms with Gasteiger partial charge in [0, 0.05) is 19.3 Å². The van der Waals surface area contributed by atoms with Gasteiger partial charge in [-0.25, -0.2) is 18.2 Å². The van der Waals surface area contributed by atoms with E-state index in [1.165, 1.54) is 4.90 Å². The number of hydrogen-bond acceptors (Lipinski definition) is 5. The molecule has 0 aliphatic carbocycles. The molecule has 1 atom stereocenters. The van der Waals surface area contributed by atoms with Gasteiger partial charge in [-0.05, 0) is 71.2 Å². The zero-order valence-corrected chi connectivity index (χ0v) is 19.6. The second kappa shape index (κ2) is 8.96. The summed E-state index contributed by atoms with van der Waals surface area (Å²) in [7, 11) is -3.60. The normalized spacial score (nSPS) is 17.5. The van der Waals surface area contributed by atoms with Crippen molar-refractivity contribution in [1.82, 2.24) is 9.29 Å². The molecule has 0 bridgehead atoms. The SMILES string of the molecule is CCN(C(=O)OC(C)(C)C)c1ccc([C@@H]2CCCN2S(=O)(=O)c2ccc(C)cc2)cn1. The van der Waals surface area contributed by atoms with Crippen LogP contribution in [0, 0.1) is 6.92 Å². The third-order valence-electron chi connectivity index (χ3n) is 5.19. The van der Waals surface area contributed by atoms with Crippen molar-refractivity contribution < 1.29 is 17.9 Å². The highest BCUT2D eigenvalue weighted by atomic mass is 32.2. The molecule has 0 saturated carbocycles. The molecule has 1 aliphatic heterocycles. The summed E-state index contributed by atoms with van der Waals surface area (Å²) < 4.78 is 33.4. The van der Waals surface area contributed by atoms with Gasteiger partial charge in [-0.1, -0.05) is 23.8 Å². The molecule has 0 N–H and O–H groups in total. The molecule has 1 fully saturated rings. The minimum absolute atomic E-state index is 0.274. The van der Waals surface area contributed by atoms with Crippen molar-refractivity contribution >= 4 is 21.9 Å². The number of amides is 1. The summed E-state index contributed by atoms with van der Waals surface area (Å²) in [4.78, 5) is 18.7. The number of carbonyl (C=O) groups excluding carboxylic acids is 1. The average molecular weight is 446 g/mol. The number of ether oxygens (including phenoxy) is 1. The van der Waals surface area contributed by atoms with Gasteiger partial charge in [-0.2, -0.15) is 4.31 Å². The Bertz CT molecular complexity index is 1010. The lowest BCUT2D eigenvalue weighted by molar-refractivity contribution is 0.0581. The molecule has 168 valence electrons. The summed E-state index contributed by atoms with van der Waals surface area (Å²) in [6, 6.07) is 10.3. The number of benzene rings is 1. The summed E-state index contributed by atoms with van der Waals surface area (Å²) in [5, 5.41) is 0. The topological polar surface area (TPSA) is 79.8 Å². The minimum Gasteiger partial charge on any atom is -0.443 e. The summed E-state index contributed by atoms with van der Waals surface area (Å²) in [5.41, 5.74) is 1.23. The Hall–Kier alpha value is -2.45. The molecule has 1 saturated heterocycles. The highest BCUT2D eigenvalue weighted by Crippen LogP contribution is 2.36.